The maximum atomic E-state index is 12.4. The number of anilines is 2. The molecule has 2 aromatic rings. The summed E-state index contributed by atoms with van der Waals surface area (Å²) >= 11 is 0. The Morgan fingerprint density at radius 3 is 2.14 bits per heavy atom. The second-order valence-corrected chi connectivity index (χ2v) is 6.69. The smallest absolute Gasteiger partial charge is 0.263 e. The van der Waals surface area contributed by atoms with Crippen LogP contribution in [0, 0.1) is 20.8 Å². The number of sulfonamides is 1. The summed E-state index contributed by atoms with van der Waals surface area (Å²) in [6.45, 7) is 5.76. The van der Waals surface area contributed by atoms with Gasteiger partial charge in [0.25, 0.3) is 10.0 Å². The van der Waals surface area contributed by atoms with Gasteiger partial charge in [-0.3, -0.25) is 4.72 Å². The molecule has 1 heterocycles. The van der Waals surface area contributed by atoms with Crippen LogP contribution in [-0.4, -0.2) is 20.4 Å². The van der Waals surface area contributed by atoms with Crippen LogP contribution in [0.2, 0.25) is 0 Å². The summed E-state index contributed by atoms with van der Waals surface area (Å²) < 4.78 is 27.5. The maximum absolute atomic E-state index is 12.4. The van der Waals surface area contributed by atoms with Gasteiger partial charge in [-0.1, -0.05) is 17.7 Å². The predicted molar refractivity (Wildman–Crippen MR) is 85.2 cm³/mol. The molecule has 0 saturated carbocycles. The Morgan fingerprint density at radius 2 is 1.67 bits per heavy atom. The van der Waals surface area contributed by atoms with E-state index in [0.717, 1.165) is 16.7 Å². The molecule has 0 unspecified atom stereocenters. The molecule has 0 aliphatic carbocycles. The lowest BCUT2D eigenvalue weighted by Crippen LogP contribution is -2.15. The average molecular weight is 305 g/mol. The quantitative estimate of drug-likeness (QED) is 0.911. The number of nitrogens with one attached hydrogen (secondary N) is 2. The number of aryl methyl sites for hydroxylation is 3. The molecule has 112 valence electrons. The fraction of sp³-hybridized carbons (Fsp3) is 0.267. The van der Waals surface area contributed by atoms with E-state index in [-0.39, 0.29) is 4.90 Å². The van der Waals surface area contributed by atoms with E-state index in [2.05, 4.69) is 15.0 Å². The average Bonchev–Trinajstić information content (AvgIpc) is 2.43. The SMILES string of the molecule is CNc1ccc(S(=O)(=O)Nc2c(C)cc(C)cc2C)cn1. The van der Waals surface area contributed by atoms with E-state index in [4.69, 9.17) is 0 Å². The second-order valence-electron chi connectivity index (χ2n) is 5.01. The summed E-state index contributed by atoms with van der Waals surface area (Å²) in [6.07, 6.45) is 1.34. The van der Waals surface area contributed by atoms with Crippen molar-refractivity contribution in [1.29, 1.82) is 0 Å². The van der Waals surface area contributed by atoms with E-state index in [1.165, 1.54) is 12.3 Å². The molecule has 21 heavy (non-hydrogen) atoms. The Balaban J connectivity index is 2.37. The van der Waals surface area contributed by atoms with E-state index in [0.29, 0.717) is 11.5 Å². The molecule has 1 aromatic heterocycles. The highest BCUT2D eigenvalue weighted by Crippen LogP contribution is 2.25. The van der Waals surface area contributed by atoms with Crippen molar-refractivity contribution in [3.63, 3.8) is 0 Å². The van der Waals surface area contributed by atoms with Gasteiger partial charge in [0.1, 0.15) is 10.7 Å². The third-order valence-electron chi connectivity index (χ3n) is 3.22. The van der Waals surface area contributed by atoms with Crippen molar-refractivity contribution in [1.82, 2.24) is 4.98 Å². The minimum absolute atomic E-state index is 0.140. The first-order valence-electron chi connectivity index (χ1n) is 6.58. The molecule has 0 atom stereocenters. The number of nitrogens with zero attached hydrogens (tertiary/aromatic N) is 1. The van der Waals surface area contributed by atoms with Gasteiger partial charge in [0.15, 0.2) is 0 Å². The molecule has 1 aromatic carbocycles. The third-order valence-corrected chi connectivity index (χ3v) is 4.55. The molecular formula is C15H19N3O2S. The second kappa shape index (κ2) is 5.73. The van der Waals surface area contributed by atoms with Crippen LogP contribution in [0.15, 0.2) is 35.4 Å². The number of aromatic nitrogens is 1. The van der Waals surface area contributed by atoms with E-state index in [9.17, 15) is 8.42 Å². The van der Waals surface area contributed by atoms with Crippen molar-refractivity contribution < 1.29 is 8.42 Å². The fourth-order valence-electron chi connectivity index (χ4n) is 2.22. The maximum Gasteiger partial charge on any atom is 0.263 e. The highest BCUT2D eigenvalue weighted by Gasteiger charge is 2.17. The lowest BCUT2D eigenvalue weighted by molar-refractivity contribution is 0.600. The van der Waals surface area contributed by atoms with Gasteiger partial charge < -0.3 is 5.32 Å². The Morgan fingerprint density at radius 1 is 1.05 bits per heavy atom. The zero-order valence-electron chi connectivity index (χ0n) is 12.6. The van der Waals surface area contributed by atoms with Crippen molar-refractivity contribution in [2.75, 3.05) is 17.1 Å². The molecule has 5 nitrogen and oxygen atoms in total. The van der Waals surface area contributed by atoms with E-state index in [1.54, 1.807) is 13.1 Å². The Bertz CT molecular complexity index is 730. The molecule has 0 bridgehead atoms. The standard InChI is InChI=1S/C15H19N3O2S/c1-10-7-11(2)15(12(3)8-10)18-21(19,20)13-5-6-14(16-4)17-9-13/h5-9,18H,1-4H3,(H,16,17). The molecule has 0 fully saturated rings. The van der Waals surface area contributed by atoms with Crippen LogP contribution >= 0.6 is 0 Å². The summed E-state index contributed by atoms with van der Waals surface area (Å²) in [5, 5.41) is 2.85. The highest BCUT2D eigenvalue weighted by molar-refractivity contribution is 7.92. The van der Waals surface area contributed by atoms with Gasteiger partial charge in [-0.05, 0) is 44.0 Å². The molecule has 0 aliphatic rings. The van der Waals surface area contributed by atoms with Crippen molar-refractivity contribution >= 4 is 21.5 Å². The lowest BCUT2D eigenvalue weighted by Gasteiger charge is -2.14. The largest absolute Gasteiger partial charge is 0.373 e. The number of pyridine rings is 1. The van der Waals surface area contributed by atoms with Crippen LogP contribution in [0.3, 0.4) is 0 Å². The number of rotatable bonds is 4. The van der Waals surface area contributed by atoms with E-state index >= 15 is 0 Å². The fourth-order valence-corrected chi connectivity index (χ4v) is 3.37. The predicted octanol–water partition coefficient (Wildman–Crippen LogP) is 2.85. The monoisotopic (exact) mass is 305 g/mol. The van der Waals surface area contributed by atoms with Crippen molar-refractivity contribution in [3.8, 4) is 0 Å². The van der Waals surface area contributed by atoms with Gasteiger partial charge in [0, 0.05) is 13.2 Å². The van der Waals surface area contributed by atoms with Crippen LogP contribution in [0.25, 0.3) is 0 Å². The normalized spacial score (nSPS) is 11.2. The molecule has 2 rings (SSSR count). The molecule has 0 radical (unpaired) electrons. The molecule has 6 heteroatoms. The summed E-state index contributed by atoms with van der Waals surface area (Å²) in [5.74, 6) is 0.622. The minimum atomic E-state index is -3.64. The topological polar surface area (TPSA) is 71.1 Å². The van der Waals surface area contributed by atoms with Gasteiger partial charge >= 0.3 is 0 Å². The Kier molecular flexibility index (Phi) is 4.18. The van der Waals surface area contributed by atoms with E-state index in [1.807, 2.05) is 32.9 Å². The lowest BCUT2D eigenvalue weighted by atomic mass is 10.1. The third kappa shape index (κ3) is 3.33. The van der Waals surface area contributed by atoms with Crippen molar-refractivity contribution in [3.05, 3.63) is 47.2 Å². The zero-order valence-corrected chi connectivity index (χ0v) is 13.4. The zero-order chi connectivity index (χ0) is 15.6. The van der Waals surface area contributed by atoms with E-state index < -0.39 is 10.0 Å². The first kappa shape index (κ1) is 15.3. The summed E-state index contributed by atoms with van der Waals surface area (Å²) in [6, 6.07) is 7.06. The van der Waals surface area contributed by atoms with Crippen molar-refractivity contribution in [2.24, 2.45) is 0 Å². The summed E-state index contributed by atoms with van der Waals surface area (Å²) in [7, 11) is -1.91. The molecule has 2 N–H and O–H groups in total. The van der Waals surface area contributed by atoms with Crippen molar-refractivity contribution in [2.45, 2.75) is 25.7 Å². The molecular weight excluding hydrogens is 286 g/mol. The molecule has 0 amide bonds. The summed E-state index contributed by atoms with van der Waals surface area (Å²) in [4.78, 5) is 4.17. The molecule has 0 spiro atoms. The van der Waals surface area contributed by atoms with Gasteiger partial charge in [0.05, 0.1) is 5.69 Å². The van der Waals surface area contributed by atoms with Crippen LogP contribution in [0.1, 0.15) is 16.7 Å². The Labute approximate surface area is 125 Å². The van der Waals surface area contributed by atoms with Crippen LogP contribution in [0.4, 0.5) is 11.5 Å². The minimum Gasteiger partial charge on any atom is -0.373 e. The summed E-state index contributed by atoms with van der Waals surface area (Å²) in [5.41, 5.74) is 3.53. The number of hydrogen-bond donors (Lipinski definition) is 2. The highest BCUT2D eigenvalue weighted by atomic mass is 32.2. The first-order valence-corrected chi connectivity index (χ1v) is 8.06. The first-order chi connectivity index (χ1) is 9.83. The van der Waals surface area contributed by atoms with Gasteiger partial charge in [-0.2, -0.15) is 0 Å². The molecule has 0 saturated heterocycles. The van der Waals surface area contributed by atoms with Gasteiger partial charge in [0.2, 0.25) is 0 Å². The number of hydrogen-bond acceptors (Lipinski definition) is 4. The van der Waals surface area contributed by atoms with Gasteiger partial charge in [-0.15, -0.1) is 0 Å². The van der Waals surface area contributed by atoms with Gasteiger partial charge in [-0.25, -0.2) is 13.4 Å². The van der Waals surface area contributed by atoms with Crippen LogP contribution < -0.4 is 10.0 Å². The molecule has 0 aliphatic heterocycles. The number of benzene rings is 1. The van der Waals surface area contributed by atoms with Crippen LogP contribution in [-0.2, 0) is 10.0 Å². The van der Waals surface area contributed by atoms with Crippen LogP contribution in [0.5, 0.6) is 0 Å². The Hall–Kier alpha value is -2.08.